The van der Waals surface area contributed by atoms with Crippen molar-refractivity contribution in [1.29, 1.82) is 0 Å². The minimum atomic E-state index is 0.789. The van der Waals surface area contributed by atoms with Gasteiger partial charge in [0.2, 0.25) is 0 Å². The summed E-state index contributed by atoms with van der Waals surface area (Å²) in [6, 6.07) is 0. The van der Waals surface area contributed by atoms with Gasteiger partial charge in [0.25, 0.3) is 0 Å². The maximum absolute atomic E-state index is 4.30. The number of hydrogen-bond donors (Lipinski definition) is 0. The van der Waals surface area contributed by atoms with Gasteiger partial charge in [0.15, 0.2) is 5.84 Å². The molecule has 0 bridgehead atoms. The van der Waals surface area contributed by atoms with Crippen molar-refractivity contribution in [3.63, 3.8) is 0 Å². The van der Waals surface area contributed by atoms with Crippen LogP contribution in [0, 0.1) is 0 Å². The molecule has 2 heteroatoms. The molecule has 1 heterocycles. The third-order valence-electron chi connectivity index (χ3n) is 1.78. The molecule has 0 aromatic rings. The number of aliphatic imine (C=N–C) groups is 2. The zero-order chi connectivity index (χ0) is 11.0. The lowest BCUT2D eigenvalue weighted by atomic mass is 10.0. The summed E-state index contributed by atoms with van der Waals surface area (Å²) in [7, 11) is 0. The molecule has 1 aliphatic heterocycles. The molecule has 0 atom stereocenters. The molecule has 2 nitrogen and oxygen atoms in total. The van der Waals surface area contributed by atoms with E-state index in [0.717, 1.165) is 18.0 Å². The van der Waals surface area contributed by atoms with E-state index in [4.69, 9.17) is 0 Å². The largest absolute Gasteiger partial charge is 0.267 e. The highest BCUT2D eigenvalue weighted by molar-refractivity contribution is 6.10. The summed E-state index contributed by atoms with van der Waals surface area (Å²) in [4.78, 5) is 8.50. The van der Waals surface area contributed by atoms with Gasteiger partial charge in [-0.15, -0.1) is 0 Å². The topological polar surface area (TPSA) is 24.7 Å². The van der Waals surface area contributed by atoms with E-state index in [1.807, 2.05) is 33.8 Å². The number of nitrogens with zero attached hydrogens (tertiary/aromatic N) is 2. The second-order valence-electron chi connectivity index (χ2n) is 2.63. The van der Waals surface area contributed by atoms with Crippen LogP contribution in [0.25, 0.3) is 0 Å². The first-order valence-corrected chi connectivity index (χ1v) is 5.22. The average Bonchev–Trinajstić information content (AvgIpc) is 2.22. The first-order valence-electron chi connectivity index (χ1n) is 5.22. The molecule has 1 aliphatic rings. The zero-order valence-electron chi connectivity index (χ0n) is 9.83. The number of dihydropyridines is 1. The highest BCUT2D eigenvalue weighted by atomic mass is 14.9. The molecule has 0 saturated carbocycles. The van der Waals surface area contributed by atoms with Gasteiger partial charge >= 0.3 is 0 Å². The molecule has 0 N–H and O–H groups in total. The Morgan fingerprint density at radius 2 is 2.07 bits per heavy atom. The van der Waals surface area contributed by atoms with Gasteiger partial charge in [-0.05, 0) is 32.4 Å². The second-order valence-corrected chi connectivity index (χ2v) is 2.63. The van der Waals surface area contributed by atoms with Gasteiger partial charge in [-0.1, -0.05) is 19.9 Å². The van der Waals surface area contributed by atoms with Crippen LogP contribution >= 0.6 is 0 Å². The Hall–Kier alpha value is -1.18. The van der Waals surface area contributed by atoms with E-state index < -0.39 is 0 Å². The van der Waals surface area contributed by atoms with Crippen molar-refractivity contribution in [2.45, 2.75) is 34.6 Å². The van der Waals surface area contributed by atoms with E-state index in [9.17, 15) is 0 Å². The molecule has 0 aromatic heterocycles. The minimum Gasteiger partial charge on any atom is -0.267 e. The number of hydrogen-bond acceptors (Lipinski definition) is 1. The Labute approximate surface area is 87.2 Å². The fraction of sp³-hybridized carbons (Fsp3) is 0.500. The Balaban J connectivity index is 0.000000791. The lowest BCUT2D eigenvalue weighted by molar-refractivity contribution is 1.12. The van der Waals surface area contributed by atoms with E-state index in [2.05, 4.69) is 23.0 Å². The standard InChI is InChI=1S/C10H14N2.C2H6/c1-4-9-8(3)6-7-12-10(9)11-5-2;1-2/h4,6-7H,5H2,1-3H3;1-2H3/b9-4-,11-10?;. The molecule has 0 aliphatic carbocycles. The van der Waals surface area contributed by atoms with E-state index in [-0.39, 0.29) is 0 Å². The molecule has 0 unspecified atom stereocenters. The average molecular weight is 192 g/mol. The van der Waals surface area contributed by atoms with Crippen LogP contribution in [0.2, 0.25) is 0 Å². The summed E-state index contributed by atoms with van der Waals surface area (Å²) in [6.45, 7) is 10.9. The molecule has 0 fully saturated rings. The van der Waals surface area contributed by atoms with Crippen LogP contribution in [0.4, 0.5) is 0 Å². The van der Waals surface area contributed by atoms with Gasteiger partial charge in [0.05, 0.1) is 0 Å². The van der Waals surface area contributed by atoms with E-state index >= 15 is 0 Å². The monoisotopic (exact) mass is 192 g/mol. The van der Waals surface area contributed by atoms with Crippen LogP contribution in [-0.4, -0.2) is 18.6 Å². The van der Waals surface area contributed by atoms with Crippen molar-refractivity contribution in [3.05, 3.63) is 23.3 Å². The van der Waals surface area contributed by atoms with Crippen LogP contribution in [0.1, 0.15) is 34.6 Å². The normalized spacial score (nSPS) is 20.5. The molecule has 0 radical (unpaired) electrons. The van der Waals surface area contributed by atoms with Gasteiger partial charge in [0.1, 0.15) is 0 Å². The SMILES string of the molecule is C/C=C1/C(C)=CC=NC1=NCC.CC. The Morgan fingerprint density at radius 3 is 2.57 bits per heavy atom. The molecule has 0 amide bonds. The molecule has 0 spiro atoms. The summed E-state index contributed by atoms with van der Waals surface area (Å²) in [5.74, 6) is 0.861. The van der Waals surface area contributed by atoms with Gasteiger partial charge in [-0.2, -0.15) is 0 Å². The predicted molar refractivity (Wildman–Crippen MR) is 65.3 cm³/mol. The quantitative estimate of drug-likeness (QED) is 0.608. The number of rotatable bonds is 1. The van der Waals surface area contributed by atoms with Crippen LogP contribution in [0.15, 0.2) is 33.3 Å². The third kappa shape index (κ3) is 3.29. The summed E-state index contributed by atoms with van der Waals surface area (Å²) < 4.78 is 0. The highest BCUT2D eigenvalue weighted by Gasteiger charge is 2.08. The van der Waals surface area contributed by atoms with Crippen LogP contribution in [0.5, 0.6) is 0 Å². The molecular weight excluding hydrogens is 172 g/mol. The van der Waals surface area contributed by atoms with Crippen LogP contribution in [0.3, 0.4) is 0 Å². The van der Waals surface area contributed by atoms with Gasteiger partial charge in [-0.3, -0.25) is 4.99 Å². The fourth-order valence-electron chi connectivity index (χ4n) is 1.19. The zero-order valence-corrected chi connectivity index (χ0v) is 9.83. The first kappa shape index (κ1) is 12.8. The van der Waals surface area contributed by atoms with Crippen LogP contribution < -0.4 is 0 Å². The van der Waals surface area contributed by atoms with Crippen molar-refractivity contribution >= 4 is 12.1 Å². The summed E-state index contributed by atoms with van der Waals surface area (Å²) in [5, 5.41) is 0. The van der Waals surface area contributed by atoms with Crippen molar-refractivity contribution in [3.8, 4) is 0 Å². The Bertz CT molecular complexity index is 281. The van der Waals surface area contributed by atoms with Crippen molar-refractivity contribution in [2.75, 3.05) is 6.54 Å². The van der Waals surface area contributed by atoms with E-state index in [1.54, 1.807) is 6.21 Å². The maximum Gasteiger partial charge on any atom is 0.154 e. The Morgan fingerprint density at radius 1 is 1.43 bits per heavy atom. The lowest BCUT2D eigenvalue weighted by Gasteiger charge is -2.09. The Kier molecular flexibility index (Phi) is 6.63. The maximum atomic E-state index is 4.30. The van der Waals surface area contributed by atoms with Crippen molar-refractivity contribution in [1.82, 2.24) is 0 Å². The number of amidine groups is 1. The van der Waals surface area contributed by atoms with Crippen molar-refractivity contribution < 1.29 is 0 Å². The summed E-state index contributed by atoms with van der Waals surface area (Å²) in [6.07, 6.45) is 5.86. The second kappa shape index (κ2) is 7.25. The summed E-state index contributed by atoms with van der Waals surface area (Å²) in [5.41, 5.74) is 2.39. The van der Waals surface area contributed by atoms with Gasteiger partial charge < -0.3 is 0 Å². The molecule has 0 saturated heterocycles. The fourth-order valence-corrected chi connectivity index (χ4v) is 1.19. The highest BCUT2D eigenvalue weighted by Crippen LogP contribution is 2.14. The molecular formula is C12H20N2. The molecule has 78 valence electrons. The van der Waals surface area contributed by atoms with E-state index in [1.165, 1.54) is 5.57 Å². The molecule has 14 heavy (non-hydrogen) atoms. The lowest BCUT2D eigenvalue weighted by Crippen LogP contribution is -2.06. The van der Waals surface area contributed by atoms with Gasteiger partial charge in [-0.25, -0.2) is 4.99 Å². The van der Waals surface area contributed by atoms with E-state index in [0.29, 0.717) is 0 Å². The number of allylic oxidation sites excluding steroid dienone is 2. The predicted octanol–water partition coefficient (Wildman–Crippen LogP) is 3.41. The van der Waals surface area contributed by atoms with Crippen LogP contribution in [-0.2, 0) is 0 Å². The third-order valence-corrected chi connectivity index (χ3v) is 1.78. The molecule has 1 rings (SSSR count). The van der Waals surface area contributed by atoms with Gasteiger partial charge in [0, 0.05) is 18.3 Å². The summed E-state index contributed by atoms with van der Waals surface area (Å²) >= 11 is 0. The first-order chi connectivity index (χ1) is 6.79. The minimum absolute atomic E-state index is 0.789. The molecule has 0 aromatic carbocycles. The smallest absolute Gasteiger partial charge is 0.154 e. The van der Waals surface area contributed by atoms with Crippen molar-refractivity contribution in [2.24, 2.45) is 9.98 Å².